The fraction of sp³-hybridized carbons (Fsp3) is 0.300. The Morgan fingerprint density at radius 1 is 1.04 bits per heavy atom. The lowest BCUT2D eigenvalue weighted by Crippen LogP contribution is -2.11. The van der Waals surface area contributed by atoms with E-state index in [1.54, 1.807) is 12.1 Å². The number of fused-ring (bicyclic) bond motifs is 4. The molecule has 2 aromatic carbocycles. The van der Waals surface area contributed by atoms with Crippen molar-refractivity contribution in [2.75, 3.05) is 11.9 Å². The van der Waals surface area contributed by atoms with Crippen LogP contribution in [0, 0.1) is 11.8 Å². The molecule has 3 unspecified atom stereocenters. The van der Waals surface area contributed by atoms with Crippen LogP contribution in [-0.2, 0) is 6.42 Å². The molecule has 0 saturated heterocycles. The molecule has 25 heavy (non-hydrogen) atoms. The van der Waals surface area contributed by atoms with Crippen molar-refractivity contribution in [3.63, 3.8) is 0 Å². The molecule has 1 N–H and O–H groups in total. The van der Waals surface area contributed by atoms with Crippen molar-refractivity contribution >= 4 is 16.7 Å². The summed E-state index contributed by atoms with van der Waals surface area (Å²) in [6.45, 7) is 0.757. The third kappa shape index (κ3) is 2.37. The predicted molar refractivity (Wildman–Crippen MR) is 92.9 cm³/mol. The van der Waals surface area contributed by atoms with E-state index in [1.807, 2.05) is 12.1 Å². The van der Waals surface area contributed by atoms with Crippen LogP contribution in [-0.4, -0.2) is 16.5 Å². The van der Waals surface area contributed by atoms with E-state index in [0.29, 0.717) is 29.1 Å². The molecule has 3 aromatic rings. The summed E-state index contributed by atoms with van der Waals surface area (Å²) in [5.74, 6) is 1.93. The van der Waals surface area contributed by atoms with E-state index >= 15 is 0 Å². The van der Waals surface area contributed by atoms with Crippen LogP contribution in [0.25, 0.3) is 10.9 Å². The molecule has 126 valence electrons. The van der Waals surface area contributed by atoms with Gasteiger partial charge in [-0.05, 0) is 47.4 Å². The quantitative estimate of drug-likeness (QED) is 0.758. The predicted octanol–water partition coefficient (Wildman–Crippen LogP) is 4.57. The van der Waals surface area contributed by atoms with Gasteiger partial charge in [-0.1, -0.05) is 36.4 Å². The first-order valence-electron chi connectivity index (χ1n) is 8.59. The van der Waals surface area contributed by atoms with E-state index in [9.17, 15) is 8.78 Å². The van der Waals surface area contributed by atoms with E-state index in [0.717, 1.165) is 18.4 Å². The highest BCUT2D eigenvalue weighted by atomic mass is 19.3. The minimum Gasteiger partial charge on any atom is -0.369 e. The highest BCUT2D eigenvalue weighted by Crippen LogP contribution is 2.61. The number of alkyl halides is 2. The van der Waals surface area contributed by atoms with Crippen molar-refractivity contribution in [1.82, 2.24) is 9.97 Å². The molecule has 2 aliphatic carbocycles. The maximum atomic E-state index is 13.1. The molecular weight excluding hydrogens is 320 g/mol. The molecule has 5 heteroatoms. The number of aromatic nitrogens is 2. The third-order valence-corrected chi connectivity index (χ3v) is 5.52. The van der Waals surface area contributed by atoms with Gasteiger partial charge in [-0.25, -0.2) is 18.7 Å². The van der Waals surface area contributed by atoms with E-state index in [4.69, 9.17) is 0 Å². The first-order chi connectivity index (χ1) is 12.2. The van der Waals surface area contributed by atoms with Gasteiger partial charge in [0.25, 0.3) is 6.43 Å². The summed E-state index contributed by atoms with van der Waals surface area (Å²) in [6.07, 6.45) is -1.54. The third-order valence-electron chi connectivity index (χ3n) is 5.52. The first-order valence-corrected chi connectivity index (χ1v) is 8.59. The van der Waals surface area contributed by atoms with Gasteiger partial charge in [-0.3, -0.25) is 0 Å². The molecule has 3 atom stereocenters. The van der Waals surface area contributed by atoms with Gasteiger partial charge >= 0.3 is 0 Å². The smallest absolute Gasteiger partial charge is 0.297 e. The van der Waals surface area contributed by atoms with Crippen LogP contribution in [0.4, 0.5) is 14.6 Å². The van der Waals surface area contributed by atoms with Crippen LogP contribution < -0.4 is 5.32 Å². The zero-order valence-electron chi connectivity index (χ0n) is 13.5. The summed E-state index contributed by atoms with van der Waals surface area (Å²) in [7, 11) is 0. The summed E-state index contributed by atoms with van der Waals surface area (Å²) < 4.78 is 26.2. The van der Waals surface area contributed by atoms with Crippen LogP contribution in [0.3, 0.4) is 0 Å². The van der Waals surface area contributed by atoms with Crippen LogP contribution in [0.2, 0.25) is 0 Å². The number of nitrogens with one attached hydrogen (secondary N) is 1. The number of halogens is 2. The average molecular weight is 337 g/mol. The van der Waals surface area contributed by atoms with Crippen molar-refractivity contribution in [1.29, 1.82) is 0 Å². The summed E-state index contributed by atoms with van der Waals surface area (Å²) in [5, 5.41) is 4.11. The molecule has 0 spiro atoms. The molecule has 2 aliphatic rings. The van der Waals surface area contributed by atoms with Crippen LogP contribution in [0.15, 0.2) is 48.5 Å². The fourth-order valence-electron chi connectivity index (χ4n) is 4.30. The van der Waals surface area contributed by atoms with Gasteiger partial charge in [-0.2, -0.15) is 0 Å². The number of hydrogen-bond donors (Lipinski definition) is 1. The number of anilines is 1. The Morgan fingerprint density at radius 3 is 2.72 bits per heavy atom. The van der Waals surface area contributed by atoms with Crippen molar-refractivity contribution in [3.8, 4) is 0 Å². The second-order valence-corrected chi connectivity index (χ2v) is 6.89. The van der Waals surface area contributed by atoms with E-state index in [1.165, 1.54) is 11.1 Å². The topological polar surface area (TPSA) is 37.8 Å². The van der Waals surface area contributed by atoms with Gasteiger partial charge in [0.1, 0.15) is 5.82 Å². The standard InChI is InChI=1S/C20H17F2N3/c21-18(22)20-24-16-8-4-3-7-13(16)19(25-20)23-10-15-14-9-11-5-1-2-6-12(11)17(14)15/h1-8,14-15,17-18H,9-10H2,(H,23,24,25). The monoisotopic (exact) mass is 337 g/mol. The number of rotatable bonds is 4. The Labute approximate surface area is 144 Å². The number of benzene rings is 2. The molecule has 0 amide bonds. The van der Waals surface area contributed by atoms with Gasteiger partial charge in [0.05, 0.1) is 5.52 Å². The van der Waals surface area contributed by atoms with Crippen molar-refractivity contribution in [2.24, 2.45) is 11.8 Å². The normalized spacial score (nSPS) is 23.6. The minimum atomic E-state index is -2.67. The van der Waals surface area contributed by atoms with E-state index < -0.39 is 12.2 Å². The first kappa shape index (κ1) is 14.8. The summed E-state index contributed by atoms with van der Waals surface area (Å²) in [4.78, 5) is 8.03. The van der Waals surface area contributed by atoms with Crippen molar-refractivity contribution in [3.05, 3.63) is 65.5 Å². The molecule has 1 heterocycles. The maximum Gasteiger partial charge on any atom is 0.297 e. The zero-order valence-corrected chi connectivity index (χ0v) is 13.5. The van der Waals surface area contributed by atoms with Crippen LogP contribution in [0.1, 0.15) is 29.3 Å². The number of hydrogen-bond acceptors (Lipinski definition) is 3. The van der Waals surface area contributed by atoms with E-state index in [-0.39, 0.29) is 0 Å². The Bertz CT molecular complexity index is 957. The zero-order chi connectivity index (χ0) is 17.0. The molecule has 5 rings (SSSR count). The molecule has 1 fully saturated rings. The average Bonchev–Trinajstić information content (AvgIpc) is 3.17. The molecule has 1 saturated carbocycles. The van der Waals surface area contributed by atoms with Gasteiger partial charge in [0.15, 0.2) is 5.82 Å². The Kier molecular flexibility index (Phi) is 3.23. The summed E-state index contributed by atoms with van der Waals surface area (Å²) in [6, 6.07) is 15.9. The van der Waals surface area contributed by atoms with Gasteiger partial charge < -0.3 is 5.32 Å². The SMILES string of the molecule is FC(F)c1nc(NCC2C3Cc4ccccc4C23)c2ccccc2n1. The Balaban J connectivity index is 1.39. The lowest BCUT2D eigenvalue weighted by Gasteiger charge is -2.12. The summed E-state index contributed by atoms with van der Waals surface area (Å²) in [5.41, 5.74) is 3.47. The van der Waals surface area contributed by atoms with Gasteiger partial charge in [0, 0.05) is 11.9 Å². The molecular formula is C20H17F2N3. The highest BCUT2D eigenvalue weighted by Gasteiger charge is 2.54. The van der Waals surface area contributed by atoms with Crippen molar-refractivity contribution < 1.29 is 8.78 Å². The Morgan fingerprint density at radius 2 is 1.84 bits per heavy atom. The van der Waals surface area contributed by atoms with Gasteiger partial charge in [0.2, 0.25) is 0 Å². The van der Waals surface area contributed by atoms with Gasteiger partial charge in [-0.15, -0.1) is 0 Å². The summed E-state index contributed by atoms with van der Waals surface area (Å²) >= 11 is 0. The number of nitrogens with zero attached hydrogens (tertiary/aromatic N) is 2. The fourth-order valence-corrected chi connectivity index (χ4v) is 4.30. The highest BCUT2D eigenvalue weighted by molar-refractivity contribution is 5.89. The molecule has 3 nitrogen and oxygen atoms in total. The molecule has 0 radical (unpaired) electrons. The second kappa shape index (κ2) is 5.48. The van der Waals surface area contributed by atoms with Crippen molar-refractivity contribution in [2.45, 2.75) is 18.8 Å². The maximum absolute atomic E-state index is 13.1. The molecule has 0 bridgehead atoms. The van der Waals surface area contributed by atoms with E-state index in [2.05, 4.69) is 39.6 Å². The largest absolute Gasteiger partial charge is 0.369 e. The minimum absolute atomic E-state index is 0.414. The second-order valence-electron chi connectivity index (χ2n) is 6.89. The Hall–Kier alpha value is -2.56. The number of para-hydroxylation sites is 1. The van der Waals surface area contributed by atoms with Crippen LogP contribution in [0.5, 0.6) is 0 Å². The lowest BCUT2D eigenvalue weighted by atomic mass is 10.0. The molecule has 0 aliphatic heterocycles. The van der Waals surface area contributed by atoms with Crippen LogP contribution >= 0.6 is 0 Å². The molecule has 1 aromatic heterocycles. The lowest BCUT2D eigenvalue weighted by molar-refractivity contribution is 0.141.